The minimum Gasteiger partial charge on any atom is -0.490 e. The predicted octanol–water partition coefficient (Wildman–Crippen LogP) is 4.15. The molecule has 0 fully saturated rings. The average molecular weight is 477 g/mol. The Balaban J connectivity index is 2.40. The van der Waals surface area contributed by atoms with Gasteiger partial charge in [0.25, 0.3) is 0 Å². The zero-order valence-electron chi connectivity index (χ0n) is 21.1. The van der Waals surface area contributed by atoms with Crippen LogP contribution in [0.25, 0.3) is 0 Å². The molecule has 1 aromatic rings. The van der Waals surface area contributed by atoms with Gasteiger partial charge >= 0.3 is 12.1 Å². The molecule has 0 aromatic heterocycles. The summed E-state index contributed by atoms with van der Waals surface area (Å²) < 4.78 is 22.1. The van der Waals surface area contributed by atoms with Gasteiger partial charge in [-0.15, -0.1) is 0 Å². The van der Waals surface area contributed by atoms with E-state index < -0.39 is 11.7 Å². The van der Waals surface area contributed by atoms with E-state index in [0.29, 0.717) is 38.6 Å². The first kappa shape index (κ1) is 29.0. The lowest BCUT2D eigenvalue weighted by Gasteiger charge is -2.20. The Morgan fingerprint density at radius 1 is 1.18 bits per heavy atom. The second kappa shape index (κ2) is 15.8. The van der Waals surface area contributed by atoms with Crippen molar-refractivity contribution in [2.75, 3.05) is 32.8 Å². The number of esters is 1. The normalized spacial score (nSPS) is 12.4. The number of nitrogens with one attached hydrogen (secondary N) is 2. The number of benzene rings is 1. The highest BCUT2D eigenvalue weighted by atomic mass is 16.6. The first-order valence-electron chi connectivity index (χ1n) is 11.7. The van der Waals surface area contributed by atoms with Gasteiger partial charge in [-0.3, -0.25) is 4.79 Å². The Hall–Kier alpha value is -3.00. The molecule has 1 aromatic carbocycles. The molecule has 0 heterocycles. The first-order chi connectivity index (χ1) is 16.1. The minimum atomic E-state index is -0.507. The van der Waals surface area contributed by atoms with Gasteiger partial charge in [0.1, 0.15) is 29.8 Å². The zero-order valence-corrected chi connectivity index (χ0v) is 21.1. The number of para-hydroxylation sites is 1. The summed E-state index contributed by atoms with van der Waals surface area (Å²) in [5, 5.41) is 6.02. The van der Waals surface area contributed by atoms with Crippen LogP contribution in [0, 0.1) is 0 Å². The van der Waals surface area contributed by atoms with Gasteiger partial charge in [-0.2, -0.15) is 0 Å². The SMILES string of the molecule is C=C/C=C(/CNCCCNC(=O)OC(C)(C)C)OC(C)COc1ccccc1CC(=O)OCC. The third-order valence-electron chi connectivity index (χ3n) is 4.24. The molecular formula is C26H40N2O6. The quantitative estimate of drug-likeness (QED) is 0.170. The predicted molar refractivity (Wildman–Crippen MR) is 133 cm³/mol. The van der Waals surface area contributed by atoms with E-state index in [1.54, 1.807) is 19.1 Å². The van der Waals surface area contributed by atoms with Gasteiger partial charge in [0, 0.05) is 12.1 Å². The molecule has 1 atom stereocenters. The van der Waals surface area contributed by atoms with Crippen molar-refractivity contribution in [3.63, 3.8) is 0 Å². The van der Waals surface area contributed by atoms with Gasteiger partial charge in [-0.1, -0.05) is 30.9 Å². The molecule has 8 heteroatoms. The third kappa shape index (κ3) is 13.5. The molecule has 0 spiro atoms. The van der Waals surface area contributed by atoms with Crippen LogP contribution in [-0.4, -0.2) is 56.6 Å². The van der Waals surface area contributed by atoms with Crippen molar-refractivity contribution in [2.45, 2.75) is 59.2 Å². The number of carbonyl (C=O) groups excluding carboxylic acids is 2. The third-order valence-corrected chi connectivity index (χ3v) is 4.24. The number of carbonyl (C=O) groups is 2. The molecule has 0 aliphatic heterocycles. The van der Waals surface area contributed by atoms with E-state index >= 15 is 0 Å². The van der Waals surface area contributed by atoms with E-state index in [1.165, 1.54) is 0 Å². The summed E-state index contributed by atoms with van der Waals surface area (Å²) in [7, 11) is 0. The second-order valence-electron chi connectivity index (χ2n) is 8.66. The average Bonchev–Trinajstić information content (AvgIpc) is 2.74. The molecule has 0 bridgehead atoms. The summed E-state index contributed by atoms with van der Waals surface area (Å²) in [6.45, 7) is 15.3. The fourth-order valence-corrected chi connectivity index (χ4v) is 2.86. The summed E-state index contributed by atoms with van der Waals surface area (Å²) in [6.07, 6.45) is 3.74. The number of hydrogen-bond donors (Lipinski definition) is 2. The molecule has 1 amide bonds. The van der Waals surface area contributed by atoms with Crippen LogP contribution in [0.5, 0.6) is 5.75 Å². The molecular weight excluding hydrogens is 436 g/mol. The molecule has 34 heavy (non-hydrogen) atoms. The van der Waals surface area contributed by atoms with Crippen molar-refractivity contribution in [1.29, 1.82) is 0 Å². The highest BCUT2D eigenvalue weighted by Gasteiger charge is 2.15. The van der Waals surface area contributed by atoms with E-state index in [4.69, 9.17) is 18.9 Å². The van der Waals surface area contributed by atoms with Crippen LogP contribution in [0.3, 0.4) is 0 Å². The number of amides is 1. The van der Waals surface area contributed by atoms with Crippen molar-refractivity contribution in [1.82, 2.24) is 10.6 Å². The molecule has 0 saturated carbocycles. The zero-order chi connectivity index (χ0) is 25.4. The second-order valence-corrected chi connectivity index (χ2v) is 8.66. The lowest BCUT2D eigenvalue weighted by Crippen LogP contribution is -2.34. The molecule has 8 nitrogen and oxygen atoms in total. The first-order valence-corrected chi connectivity index (χ1v) is 11.7. The standard InChI is InChI=1S/C26H40N2O6/c1-7-12-22(18-27-15-11-16-28-25(30)34-26(4,5)6)33-20(3)19-32-23-14-10-9-13-21(23)17-24(29)31-8-2/h7,9-10,12-14,20,27H,1,8,11,15-19H2,2-6H3,(H,28,30)/b22-12-. The van der Waals surface area contributed by atoms with Crippen molar-refractivity contribution in [3.8, 4) is 5.75 Å². The van der Waals surface area contributed by atoms with Crippen molar-refractivity contribution in [3.05, 3.63) is 54.3 Å². The Bertz CT molecular complexity index is 801. The van der Waals surface area contributed by atoms with Crippen molar-refractivity contribution < 1.29 is 28.5 Å². The van der Waals surface area contributed by atoms with Crippen LogP contribution in [0.1, 0.15) is 46.6 Å². The Labute approximate surface area is 203 Å². The summed E-state index contributed by atoms with van der Waals surface area (Å²) in [6, 6.07) is 7.40. The maximum Gasteiger partial charge on any atom is 0.407 e. The Morgan fingerprint density at radius 2 is 1.91 bits per heavy atom. The number of allylic oxidation sites excluding steroid dienone is 2. The monoisotopic (exact) mass is 476 g/mol. The molecule has 2 N–H and O–H groups in total. The lowest BCUT2D eigenvalue weighted by molar-refractivity contribution is -0.142. The van der Waals surface area contributed by atoms with E-state index in [2.05, 4.69) is 17.2 Å². The number of rotatable bonds is 15. The van der Waals surface area contributed by atoms with E-state index in [-0.39, 0.29) is 18.5 Å². The highest BCUT2D eigenvalue weighted by Crippen LogP contribution is 2.19. The van der Waals surface area contributed by atoms with E-state index in [0.717, 1.165) is 17.7 Å². The van der Waals surface area contributed by atoms with Crippen LogP contribution >= 0.6 is 0 Å². The van der Waals surface area contributed by atoms with Crippen molar-refractivity contribution in [2.24, 2.45) is 0 Å². The fourth-order valence-electron chi connectivity index (χ4n) is 2.86. The highest BCUT2D eigenvalue weighted by molar-refractivity contribution is 5.73. The van der Waals surface area contributed by atoms with Crippen LogP contribution in [-0.2, 0) is 25.4 Å². The van der Waals surface area contributed by atoms with Crippen LogP contribution in [0.15, 0.2) is 48.8 Å². The summed E-state index contributed by atoms with van der Waals surface area (Å²) >= 11 is 0. The van der Waals surface area contributed by atoms with Gasteiger partial charge < -0.3 is 29.6 Å². The summed E-state index contributed by atoms with van der Waals surface area (Å²) in [5.41, 5.74) is 0.268. The molecule has 0 aliphatic rings. The van der Waals surface area contributed by atoms with Gasteiger partial charge in [0.15, 0.2) is 0 Å². The smallest absolute Gasteiger partial charge is 0.407 e. The topological polar surface area (TPSA) is 95.1 Å². The Kier molecular flexibility index (Phi) is 13.5. The number of ether oxygens (including phenoxy) is 4. The molecule has 1 unspecified atom stereocenters. The van der Waals surface area contributed by atoms with Gasteiger partial charge in [0.05, 0.1) is 19.6 Å². The number of hydrogen-bond acceptors (Lipinski definition) is 7. The molecule has 1 rings (SSSR count). The summed E-state index contributed by atoms with van der Waals surface area (Å²) in [5.74, 6) is 1.08. The minimum absolute atomic E-state index is 0.160. The van der Waals surface area contributed by atoms with Crippen LogP contribution in [0.2, 0.25) is 0 Å². The van der Waals surface area contributed by atoms with Crippen LogP contribution < -0.4 is 15.4 Å². The van der Waals surface area contributed by atoms with E-state index in [9.17, 15) is 9.59 Å². The maximum atomic E-state index is 11.8. The van der Waals surface area contributed by atoms with Gasteiger partial charge in [0.2, 0.25) is 0 Å². The molecule has 190 valence electrons. The molecule has 0 saturated heterocycles. The van der Waals surface area contributed by atoms with Gasteiger partial charge in [-0.25, -0.2) is 4.79 Å². The van der Waals surface area contributed by atoms with Crippen LogP contribution in [0.4, 0.5) is 4.79 Å². The van der Waals surface area contributed by atoms with Crippen molar-refractivity contribution >= 4 is 12.1 Å². The Morgan fingerprint density at radius 3 is 2.59 bits per heavy atom. The molecule has 0 radical (unpaired) electrons. The largest absolute Gasteiger partial charge is 0.490 e. The molecule has 0 aliphatic carbocycles. The van der Waals surface area contributed by atoms with Gasteiger partial charge in [-0.05, 0) is 59.7 Å². The fraction of sp³-hybridized carbons (Fsp3) is 0.538. The maximum absolute atomic E-state index is 11.8. The summed E-state index contributed by atoms with van der Waals surface area (Å²) in [4.78, 5) is 23.5. The number of alkyl carbamates (subject to hydrolysis) is 1. The van der Waals surface area contributed by atoms with E-state index in [1.807, 2.05) is 52.0 Å². The lowest BCUT2D eigenvalue weighted by atomic mass is 10.1.